The van der Waals surface area contributed by atoms with E-state index in [1.54, 1.807) is 0 Å². The molecule has 0 amide bonds. The Morgan fingerprint density at radius 3 is 1.20 bits per heavy atom. The summed E-state index contributed by atoms with van der Waals surface area (Å²) in [5.41, 5.74) is 14.2. The van der Waals surface area contributed by atoms with Crippen molar-refractivity contribution >= 4 is 88.3 Å². The van der Waals surface area contributed by atoms with Crippen LogP contribution in [0.5, 0.6) is 0 Å². The molecule has 11 aromatic rings. The fourth-order valence-corrected chi connectivity index (χ4v) is 8.29. The monoisotopic (exact) mass is 596 g/mol. The van der Waals surface area contributed by atoms with Gasteiger partial charge in [-0.25, -0.2) is 9.97 Å². The number of hydrogen-bond acceptors (Lipinski definition) is 2. The Morgan fingerprint density at radius 2 is 0.804 bits per heavy atom. The van der Waals surface area contributed by atoms with Crippen LogP contribution in [0.1, 0.15) is 52.7 Å². The van der Waals surface area contributed by atoms with Gasteiger partial charge in [0.25, 0.3) is 0 Å². The maximum absolute atomic E-state index is 5.34. The standard InChI is InChI=1S/C40H32N6/c1-39(2,3)21-15-17-25-29(19-21)45-35-31-23-11-7-10-14-28(23)44-34(31)36(32-24-12-8-9-13-27(24)43(33(32)35)37(45)41-25)46-30-20-22(40(4,5)6)16-18-26(30)42-38(44)46/h7-20H,1-6H3. The smallest absolute Gasteiger partial charge is 0.220 e. The highest BCUT2D eigenvalue weighted by atomic mass is 15.2. The Labute approximate surface area is 263 Å². The van der Waals surface area contributed by atoms with Crippen LogP contribution in [0.4, 0.5) is 0 Å². The number of aromatic nitrogens is 6. The van der Waals surface area contributed by atoms with E-state index >= 15 is 0 Å². The molecule has 46 heavy (non-hydrogen) atoms. The van der Waals surface area contributed by atoms with E-state index in [-0.39, 0.29) is 10.8 Å². The number of rotatable bonds is 0. The van der Waals surface area contributed by atoms with Crippen molar-refractivity contribution in [1.29, 1.82) is 0 Å². The van der Waals surface area contributed by atoms with E-state index in [4.69, 9.17) is 9.97 Å². The molecule has 6 aromatic heterocycles. The lowest BCUT2D eigenvalue weighted by atomic mass is 9.87. The zero-order valence-electron chi connectivity index (χ0n) is 26.8. The molecule has 0 aliphatic rings. The average Bonchev–Trinajstić information content (AvgIpc) is 3.83. The first-order chi connectivity index (χ1) is 22.1. The fraction of sp³-hybridized carbons (Fsp3) is 0.200. The van der Waals surface area contributed by atoms with Gasteiger partial charge in [-0.15, -0.1) is 0 Å². The molecule has 0 radical (unpaired) electrons. The van der Waals surface area contributed by atoms with Crippen LogP contribution in [0.2, 0.25) is 0 Å². The summed E-state index contributed by atoms with van der Waals surface area (Å²) < 4.78 is 9.70. The lowest BCUT2D eigenvalue weighted by Crippen LogP contribution is -2.10. The molecular formula is C40H32N6. The predicted molar refractivity (Wildman–Crippen MR) is 191 cm³/mol. The van der Waals surface area contributed by atoms with Gasteiger partial charge in [-0.2, -0.15) is 0 Å². The molecule has 6 heteroatoms. The second-order valence-corrected chi connectivity index (χ2v) is 15.3. The van der Waals surface area contributed by atoms with Gasteiger partial charge in [-0.3, -0.25) is 17.6 Å². The van der Waals surface area contributed by atoms with Crippen molar-refractivity contribution in [2.24, 2.45) is 0 Å². The molecule has 5 aromatic carbocycles. The molecule has 0 unspecified atom stereocenters. The van der Waals surface area contributed by atoms with Crippen molar-refractivity contribution in [3.63, 3.8) is 0 Å². The summed E-state index contributed by atoms with van der Waals surface area (Å²) in [4.78, 5) is 10.7. The van der Waals surface area contributed by atoms with Gasteiger partial charge in [0.15, 0.2) is 0 Å². The predicted octanol–water partition coefficient (Wildman–Crippen LogP) is 9.88. The Kier molecular flexibility index (Phi) is 4.08. The molecule has 222 valence electrons. The molecule has 0 spiro atoms. The summed E-state index contributed by atoms with van der Waals surface area (Å²) >= 11 is 0. The van der Waals surface area contributed by atoms with E-state index in [2.05, 4.69) is 144 Å². The molecule has 6 heterocycles. The first kappa shape index (κ1) is 24.9. The number of fused-ring (bicyclic) bond motifs is 18. The van der Waals surface area contributed by atoms with Crippen LogP contribution in [-0.4, -0.2) is 27.6 Å². The summed E-state index contributed by atoms with van der Waals surface area (Å²) in [6.45, 7) is 13.7. The SMILES string of the molecule is CC(C)(C)c1ccc2nc3n(c2c1)c1c2c4ccccc4n4c2c(c2c5ccccc5n3c21)n1c2cc(C(C)(C)C)ccc2nc14. The zero-order chi connectivity index (χ0) is 31.0. The van der Waals surface area contributed by atoms with E-state index in [1.165, 1.54) is 65.8 Å². The summed E-state index contributed by atoms with van der Waals surface area (Å²) in [7, 11) is 0. The summed E-state index contributed by atoms with van der Waals surface area (Å²) in [5.74, 6) is 1.92. The lowest BCUT2D eigenvalue weighted by Gasteiger charge is -2.18. The summed E-state index contributed by atoms with van der Waals surface area (Å²) in [6, 6.07) is 31.3. The Hall–Kier alpha value is -5.36. The highest BCUT2D eigenvalue weighted by molar-refractivity contribution is 6.37. The molecular weight excluding hydrogens is 564 g/mol. The Bertz CT molecular complexity index is 2880. The van der Waals surface area contributed by atoms with Crippen molar-refractivity contribution in [2.45, 2.75) is 52.4 Å². The van der Waals surface area contributed by atoms with Crippen molar-refractivity contribution in [1.82, 2.24) is 27.6 Å². The van der Waals surface area contributed by atoms with Crippen LogP contribution in [0.3, 0.4) is 0 Å². The van der Waals surface area contributed by atoms with Gasteiger partial charge in [0.1, 0.15) is 0 Å². The van der Waals surface area contributed by atoms with Crippen molar-refractivity contribution < 1.29 is 0 Å². The molecule has 11 rings (SSSR count). The van der Waals surface area contributed by atoms with Gasteiger partial charge in [-0.1, -0.05) is 90.1 Å². The molecule has 0 saturated carbocycles. The maximum Gasteiger partial charge on any atom is 0.220 e. The quantitative estimate of drug-likeness (QED) is 0.175. The molecule has 0 bridgehead atoms. The van der Waals surface area contributed by atoms with Gasteiger partial charge in [0, 0.05) is 21.5 Å². The van der Waals surface area contributed by atoms with Crippen molar-refractivity contribution in [2.75, 3.05) is 0 Å². The van der Waals surface area contributed by atoms with E-state index in [0.29, 0.717) is 0 Å². The Morgan fingerprint density at radius 1 is 0.435 bits per heavy atom. The van der Waals surface area contributed by atoms with Crippen LogP contribution in [0, 0.1) is 0 Å². The van der Waals surface area contributed by atoms with Crippen molar-refractivity contribution in [3.8, 4) is 0 Å². The lowest BCUT2D eigenvalue weighted by molar-refractivity contribution is 0.590. The van der Waals surface area contributed by atoms with Crippen LogP contribution in [0.15, 0.2) is 84.9 Å². The minimum atomic E-state index is 0.0230. The Balaban J connectivity index is 1.51. The maximum atomic E-state index is 5.34. The summed E-state index contributed by atoms with van der Waals surface area (Å²) in [5, 5.41) is 4.99. The normalized spacial score (nSPS) is 13.9. The van der Waals surface area contributed by atoms with Gasteiger partial charge >= 0.3 is 0 Å². The highest BCUT2D eigenvalue weighted by Gasteiger charge is 2.32. The van der Waals surface area contributed by atoms with E-state index in [9.17, 15) is 0 Å². The average molecular weight is 597 g/mol. The first-order valence-electron chi connectivity index (χ1n) is 16.2. The molecule has 0 fully saturated rings. The van der Waals surface area contributed by atoms with E-state index < -0.39 is 0 Å². The molecule has 0 saturated heterocycles. The third-order valence-corrected chi connectivity index (χ3v) is 10.5. The van der Waals surface area contributed by atoms with Gasteiger partial charge in [0.05, 0.1) is 55.2 Å². The van der Waals surface area contributed by atoms with Crippen LogP contribution in [-0.2, 0) is 10.8 Å². The molecule has 6 nitrogen and oxygen atoms in total. The molecule has 0 aliphatic heterocycles. The number of hydrogen-bond donors (Lipinski definition) is 0. The highest BCUT2D eigenvalue weighted by Crippen LogP contribution is 2.49. The first-order valence-corrected chi connectivity index (χ1v) is 16.2. The second kappa shape index (κ2) is 7.53. The minimum absolute atomic E-state index is 0.0230. The van der Waals surface area contributed by atoms with Gasteiger partial charge < -0.3 is 0 Å². The van der Waals surface area contributed by atoms with E-state index in [1.807, 2.05) is 0 Å². The van der Waals surface area contributed by atoms with Crippen LogP contribution < -0.4 is 0 Å². The third kappa shape index (κ3) is 2.69. The largest absolute Gasteiger partial charge is 0.277 e. The second-order valence-electron chi connectivity index (χ2n) is 15.3. The van der Waals surface area contributed by atoms with E-state index in [0.717, 1.165) is 33.6 Å². The summed E-state index contributed by atoms with van der Waals surface area (Å²) in [6.07, 6.45) is 0. The van der Waals surface area contributed by atoms with Crippen molar-refractivity contribution in [3.05, 3.63) is 96.1 Å². The molecule has 0 N–H and O–H groups in total. The number of benzene rings is 5. The van der Waals surface area contributed by atoms with Crippen LogP contribution in [0.25, 0.3) is 88.3 Å². The van der Waals surface area contributed by atoms with Gasteiger partial charge in [0.2, 0.25) is 11.6 Å². The number of imidazole rings is 4. The topological polar surface area (TPSA) is 43.4 Å². The van der Waals surface area contributed by atoms with Crippen LogP contribution >= 0.6 is 0 Å². The zero-order valence-corrected chi connectivity index (χ0v) is 26.8. The van der Waals surface area contributed by atoms with Gasteiger partial charge in [-0.05, 0) is 58.4 Å². The third-order valence-electron chi connectivity index (χ3n) is 10.5. The molecule has 0 atom stereocenters. The minimum Gasteiger partial charge on any atom is -0.277 e. The number of para-hydroxylation sites is 2. The molecule has 0 aliphatic carbocycles. The fourth-order valence-electron chi connectivity index (χ4n) is 8.29. The number of nitrogens with zero attached hydrogens (tertiary/aromatic N) is 6.